The lowest BCUT2D eigenvalue weighted by molar-refractivity contribution is -0.130. The molecule has 0 radical (unpaired) electrons. The Morgan fingerprint density at radius 2 is 1.73 bits per heavy atom. The van der Waals surface area contributed by atoms with Gasteiger partial charge in [0.2, 0.25) is 0 Å². The molecule has 0 saturated heterocycles. The third kappa shape index (κ3) is 4.21. The molecule has 0 unspecified atom stereocenters. The third-order valence-corrected chi connectivity index (χ3v) is 7.58. The number of ether oxygens (including phenoxy) is 1. The van der Waals surface area contributed by atoms with E-state index in [2.05, 4.69) is 15.6 Å². The average Bonchev–Trinajstić information content (AvgIpc) is 3.19. The summed E-state index contributed by atoms with van der Waals surface area (Å²) in [5.74, 6) is 1.53. The molecule has 6 rings (SSSR count). The van der Waals surface area contributed by atoms with Crippen LogP contribution in [0.4, 0.5) is 5.13 Å². The molecule has 2 aromatic rings. The molecule has 0 atom stereocenters. The van der Waals surface area contributed by atoms with Crippen LogP contribution in [0, 0.1) is 17.8 Å². The second-order valence-corrected chi connectivity index (χ2v) is 10.1. The Morgan fingerprint density at radius 3 is 2.40 bits per heavy atom. The quantitative estimate of drug-likeness (QED) is 0.656. The molecule has 1 aromatic heterocycles. The first-order valence-corrected chi connectivity index (χ1v) is 11.7. The van der Waals surface area contributed by atoms with Gasteiger partial charge in [0.1, 0.15) is 0 Å². The number of carbonyl (C=O) groups is 2. The number of thiazole rings is 1. The Balaban J connectivity index is 1.10. The molecule has 4 aliphatic rings. The van der Waals surface area contributed by atoms with E-state index in [0.29, 0.717) is 11.7 Å². The fraction of sp³-hybridized carbons (Fsp3) is 0.522. The predicted octanol–water partition coefficient (Wildman–Crippen LogP) is 4.00. The van der Waals surface area contributed by atoms with Crippen molar-refractivity contribution in [3.8, 4) is 0 Å². The number of hydrogen-bond donors (Lipinski definition) is 2. The van der Waals surface area contributed by atoms with Gasteiger partial charge >= 0.3 is 5.97 Å². The molecule has 4 bridgehead atoms. The largest absolute Gasteiger partial charge is 0.451 e. The van der Waals surface area contributed by atoms with Gasteiger partial charge in [-0.05, 0) is 61.8 Å². The molecule has 4 aliphatic carbocycles. The van der Waals surface area contributed by atoms with Crippen LogP contribution in [0.3, 0.4) is 0 Å². The van der Waals surface area contributed by atoms with Gasteiger partial charge in [-0.1, -0.05) is 30.3 Å². The molecule has 1 amide bonds. The highest BCUT2D eigenvalue weighted by Gasteiger charge is 2.51. The first kappa shape index (κ1) is 19.5. The molecular weight excluding hydrogens is 398 g/mol. The van der Waals surface area contributed by atoms with Crippen molar-refractivity contribution in [3.63, 3.8) is 0 Å². The van der Waals surface area contributed by atoms with Crippen LogP contribution < -0.4 is 10.6 Å². The highest BCUT2D eigenvalue weighted by Crippen LogP contribution is 2.55. The Hall–Kier alpha value is -2.41. The zero-order valence-corrected chi connectivity index (χ0v) is 17.7. The number of carbonyl (C=O) groups excluding carboxylic acids is 2. The standard InChI is InChI=1S/C23H27N3O3S/c27-20(26-23-9-16-6-17(10-23)8-18(7-16)11-23)13-29-21(28)19-14-30-22(25-19)24-12-15-4-2-1-3-5-15/h1-5,14,16-18H,6-13H2,(H,24,25)(H,26,27). The molecule has 7 heteroatoms. The molecular formula is C23H27N3O3S. The van der Waals surface area contributed by atoms with Crippen molar-refractivity contribution in [2.45, 2.75) is 50.6 Å². The van der Waals surface area contributed by atoms with E-state index in [0.717, 1.165) is 42.6 Å². The van der Waals surface area contributed by atoms with Gasteiger partial charge in [-0.25, -0.2) is 9.78 Å². The summed E-state index contributed by atoms with van der Waals surface area (Å²) in [4.78, 5) is 29.1. The highest BCUT2D eigenvalue weighted by molar-refractivity contribution is 7.13. The molecule has 158 valence electrons. The SMILES string of the molecule is O=C(COC(=O)c1csc(NCc2ccccc2)n1)NC12CC3CC(CC(C3)C1)C2. The third-order valence-electron chi connectivity index (χ3n) is 6.78. The van der Waals surface area contributed by atoms with Crippen molar-refractivity contribution in [3.05, 3.63) is 47.0 Å². The second kappa shape index (κ2) is 8.02. The molecule has 1 aromatic carbocycles. The monoisotopic (exact) mass is 425 g/mol. The van der Waals surface area contributed by atoms with Crippen molar-refractivity contribution in [2.24, 2.45) is 17.8 Å². The maximum atomic E-state index is 12.5. The Bertz CT molecular complexity index is 892. The zero-order chi connectivity index (χ0) is 20.6. The van der Waals surface area contributed by atoms with Crippen molar-refractivity contribution < 1.29 is 14.3 Å². The van der Waals surface area contributed by atoms with Crippen molar-refractivity contribution in [1.29, 1.82) is 0 Å². The fourth-order valence-electron chi connectivity index (χ4n) is 6.02. The van der Waals surface area contributed by atoms with Crippen LogP contribution in [0.2, 0.25) is 0 Å². The van der Waals surface area contributed by atoms with Crippen LogP contribution in [0.25, 0.3) is 0 Å². The van der Waals surface area contributed by atoms with Gasteiger partial charge in [0.15, 0.2) is 17.4 Å². The second-order valence-electron chi connectivity index (χ2n) is 9.20. The van der Waals surface area contributed by atoms with E-state index in [4.69, 9.17) is 4.74 Å². The van der Waals surface area contributed by atoms with Gasteiger partial charge < -0.3 is 15.4 Å². The number of benzene rings is 1. The van der Waals surface area contributed by atoms with E-state index in [1.54, 1.807) is 5.38 Å². The van der Waals surface area contributed by atoms with E-state index in [1.807, 2.05) is 30.3 Å². The molecule has 4 saturated carbocycles. The van der Waals surface area contributed by atoms with Crippen LogP contribution in [-0.4, -0.2) is 29.0 Å². The number of hydrogen-bond acceptors (Lipinski definition) is 6. The van der Waals surface area contributed by atoms with Crippen molar-refractivity contribution in [2.75, 3.05) is 11.9 Å². The number of amides is 1. The Labute approximate surface area is 180 Å². The zero-order valence-electron chi connectivity index (χ0n) is 16.9. The van der Waals surface area contributed by atoms with E-state index >= 15 is 0 Å². The van der Waals surface area contributed by atoms with Gasteiger partial charge in [-0.2, -0.15) is 0 Å². The van der Waals surface area contributed by atoms with E-state index in [-0.39, 0.29) is 23.7 Å². The highest BCUT2D eigenvalue weighted by atomic mass is 32.1. The van der Waals surface area contributed by atoms with Crippen LogP contribution >= 0.6 is 11.3 Å². The van der Waals surface area contributed by atoms with Crippen LogP contribution in [0.5, 0.6) is 0 Å². The van der Waals surface area contributed by atoms with Gasteiger partial charge in [-0.3, -0.25) is 4.79 Å². The Kier molecular flexibility index (Phi) is 5.23. The summed E-state index contributed by atoms with van der Waals surface area (Å²) < 4.78 is 5.25. The molecule has 0 aliphatic heterocycles. The average molecular weight is 426 g/mol. The molecule has 4 fully saturated rings. The molecule has 30 heavy (non-hydrogen) atoms. The van der Waals surface area contributed by atoms with E-state index in [9.17, 15) is 9.59 Å². The lowest BCUT2D eigenvalue weighted by atomic mass is 9.53. The smallest absolute Gasteiger partial charge is 0.358 e. The number of rotatable bonds is 7. The van der Waals surface area contributed by atoms with Gasteiger partial charge in [-0.15, -0.1) is 11.3 Å². The molecule has 1 heterocycles. The number of nitrogens with zero attached hydrogens (tertiary/aromatic N) is 1. The lowest BCUT2D eigenvalue weighted by Gasteiger charge is -2.56. The van der Waals surface area contributed by atoms with Crippen LogP contribution in [0.15, 0.2) is 35.7 Å². The number of aromatic nitrogens is 1. The minimum Gasteiger partial charge on any atom is -0.451 e. The number of nitrogens with one attached hydrogen (secondary N) is 2. The lowest BCUT2D eigenvalue weighted by Crippen LogP contribution is -2.60. The first-order valence-electron chi connectivity index (χ1n) is 10.8. The maximum Gasteiger partial charge on any atom is 0.358 e. The van der Waals surface area contributed by atoms with Gasteiger partial charge in [0.05, 0.1) is 0 Å². The first-order chi connectivity index (χ1) is 14.6. The van der Waals surface area contributed by atoms with E-state index < -0.39 is 5.97 Å². The van der Waals surface area contributed by atoms with Gasteiger partial charge in [0.25, 0.3) is 5.91 Å². The summed E-state index contributed by atoms with van der Waals surface area (Å²) in [5.41, 5.74) is 1.31. The van der Waals surface area contributed by atoms with Crippen molar-refractivity contribution in [1.82, 2.24) is 10.3 Å². The minimum atomic E-state index is -0.556. The Morgan fingerprint density at radius 1 is 1.07 bits per heavy atom. The molecule has 2 N–H and O–H groups in total. The van der Waals surface area contributed by atoms with Gasteiger partial charge in [0, 0.05) is 17.5 Å². The normalized spacial score (nSPS) is 28.9. The summed E-state index contributed by atoms with van der Waals surface area (Å²) in [6.45, 7) is 0.390. The summed E-state index contributed by atoms with van der Waals surface area (Å²) in [6, 6.07) is 9.99. The molecule has 0 spiro atoms. The fourth-order valence-corrected chi connectivity index (χ4v) is 6.70. The predicted molar refractivity (Wildman–Crippen MR) is 115 cm³/mol. The summed E-state index contributed by atoms with van der Waals surface area (Å²) in [7, 11) is 0. The summed E-state index contributed by atoms with van der Waals surface area (Å²) in [6.07, 6.45) is 7.24. The minimum absolute atomic E-state index is 0.0621. The van der Waals surface area contributed by atoms with Crippen LogP contribution in [0.1, 0.15) is 54.6 Å². The summed E-state index contributed by atoms with van der Waals surface area (Å²) in [5, 5.41) is 8.75. The van der Waals surface area contributed by atoms with Crippen molar-refractivity contribution >= 4 is 28.3 Å². The maximum absolute atomic E-state index is 12.5. The summed E-state index contributed by atoms with van der Waals surface area (Å²) >= 11 is 1.35. The number of esters is 1. The van der Waals surface area contributed by atoms with Crippen LogP contribution in [-0.2, 0) is 16.1 Å². The number of anilines is 1. The topological polar surface area (TPSA) is 80.3 Å². The van der Waals surface area contributed by atoms with E-state index in [1.165, 1.54) is 30.6 Å². The molecule has 6 nitrogen and oxygen atoms in total.